The maximum Gasteiger partial charge on any atom is 0.258 e. The Morgan fingerprint density at radius 3 is 2.68 bits per heavy atom. The van der Waals surface area contributed by atoms with Gasteiger partial charge in [0.15, 0.2) is 18.2 Å². The lowest BCUT2D eigenvalue weighted by Crippen LogP contribution is -2.35. The van der Waals surface area contributed by atoms with Crippen molar-refractivity contribution in [3.63, 3.8) is 0 Å². The molecule has 1 amide bonds. The predicted molar refractivity (Wildman–Crippen MR) is 96.2 cm³/mol. The van der Waals surface area contributed by atoms with Gasteiger partial charge in [0.05, 0.1) is 5.69 Å². The van der Waals surface area contributed by atoms with Crippen LogP contribution in [0.1, 0.15) is 34.1 Å². The number of halogens is 2. The van der Waals surface area contributed by atoms with Crippen LogP contribution in [0.25, 0.3) is 0 Å². The Hall–Kier alpha value is -3.29. The molecule has 1 aliphatic rings. The van der Waals surface area contributed by atoms with Gasteiger partial charge in [0.25, 0.3) is 5.91 Å². The van der Waals surface area contributed by atoms with Gasteiger partial charge < -0.3 is 14.2 Å². The molecular formula is C20H17F2N3O3. The number of hydrogen-bond acceptors (Lipinski definition) is 5. The second-order valence-electron chi connectivity index (χ2n) is 6.50. The molecule has 0 unspecified atom stereocenters. The zero-order valence-corrected chi connectivity index (χ0v) is 15.1. The summed E-state index contributed by atoms with van der Waals surface area (Å²) in [5.41, 5.74) is 1.48. The zero-order chi connectivity index (χ0) is 19.7. The van der Waals surface area contributed by atoms with Gasteiger partial charge >= 0.3 is 0 Å². The number of carbonyl (C=O) groups excluding carboxylic acids is 1. The smallest absolute Gasteiger partial charge is 0.258 e. The lowest BCUT2D eigenvalue weighted by Gasteiger charge is -2.29. The van der Waals surface area contributed by atoms with Crippen LogP contribution < -0.4 is 9.64 Å². The van der Waals surface area contributed by atoms with E-state index in [1.54, 1.807) is 31.2 Å². The molecule has 0 spiro atoms. The molecular weight excluding hydrogens is 368 g/mol. The molecule has 0 bridgehead atoms. The second-order valence-corrected chi connectivity index (χ2v) is 6.50. The number of aromatic nitrogens is 2. The summed E-state index contributed by atoms with van der Waals surface area (Å²) < 4.78 is 37.6. The number of benzene rings is 2. The third-order valence-electron chi connectivity index (χ3n) is 4.52. The summed E-state index contributed by atoms with van der Waals surface area (Å²) in [6.07, 6.45) is 1.30. The molecule has 28 heavy (non-hydrogen) atoms. The van der Waals surface area contributed by atoms with E-state index in [2.05, 4.69) is 10.1 Å². The topological polar surface area (TPSA) is 68.5 Å². The molecule has 0 fully saturated rings. The maximum absolute atomic E-state index is 13.7. The van der Waals surface area contributed by atoms with Crippen LogP contribution in [0.4, 0.5) is 14.5 Å². The van der Waals surface area contributed by atoms with E-state index < -0.39 is 11.6 Å². The molecule has 4 rings (SSSR count). The summed E-state index contributed by atoms with van der Waals surface area (Å²) in [5.74, 6) is -0.696. The first-order valence-electron chi connectivity index (χ1n) is 8.83. The van der Waals surface area contributed by atoms with E-state index in [9.17, 15) is 13.6 Å². The molecule has 0 saturated carbocycles. The molecule has 1 aliphatic heterocycles. The van der Waals surface area contributed by atoms with E-state index >= 15 is 0 Å². The van der Waals surface area contributed by atoms with Gasteiger partial charge in [-0.25, -0.2) is 8.78 Å². The Kier molecular flexibility index (Phi) is 4.77. The Morgan fingerprint density at radius 2 is 1.96 bits per heavy atom. The molecule has 0 atom stereocenters. The van der Waals surface area contributed by atoms with Gasteiger partial charge in [-0.15, -0.1) is 0 Å². The van der Waals surface area contributed by atoms with Gasteiger partial charge in [0, 0.05) is 25.1 Å². The Labute approximate surface area is 159 Å². The van der Waals surface area contributed by atoms with Crippen LogP contribution in [0.2, 0.25) is 0 Å². The Bertz CT molecular complexity index is 1020. The molecule has 8 heteroatoms. The fourth-order valence-corrected chi connectivity index (χ4v) is 3.19. The van der Waals surface area contributed by atoms with Crippen molar-refractivity contribution >= 4 is 11.6 Å². The van der Waals surface area contributed by atoms with Gasteiger partial charge in [0.1, 0.15) is 5.75 Å². The summed E-state index contributed by atoms with van der Waals surface area (Å²) in [6, 6.07) is 8.85. The van der Waals surface area contributed by atoms with Crippen molar-refractivity contribution in [3.05, 3.63) is 70.9 Å². The maximum atomic E-state index is 13.7. The number of carbonyl (C=O) groups is 1. The number of rotatable bonds is 4. The fraction of sp³-hybridized carbons (Fsp3) is 0.250. The van der Waals surface area contributed by atoms with Crippen molar-refractivity contribution in [2.45, 2.75) is 26.4 Å². The summed E-state index contributed by atoms with van der Waals surface area (Å²) in [4.78, 5) is 18.4. The van der Waals surface area contributed by atoms with E-state index in [1.165, 1.54) is 11.0 Å². The highest BCUT2D eigenvalue weighted by Gasteiger charge is 2.25. The highest BCUT2D eigenvalue weighted by atomic mass is 19.2. The van der Waals surface area contributed by atoms with Crippen LogP contribution >= 0.6 is 0 Å². The quantitative estimate of drug-likeness (QED) is 0.683. The van der Waals surface area contributed by atoms with Gasteiger partial charge in [0.2, 0.25) is 11.7 Å². The van der Waals surface area contributed by atoms with E-state index in [0.717, 1.165) is 6.07 Å². The average Bonchev–Trinajstić information content (AvgIpc) is 3.12. The largest absolute Gasteiger partial charge is 0.485 e. The number of fused-ring (bicyclic) bond motifs is 1. The monoisotopic (exact) mass is 385 g/mol. The van der Waals surface area contributed by atoms with Crippen molar-refractivity contribution in [2.75, 3.05) is 11.4 Å². The van der Waals surface area contributed by atoms with Crippen LogP contribution in [-0.4, -0.2) is 22.6 Å². The SMILES string of the molecule is Cc1nc(COc2ccc(C(=O)N3CCCc4cc(F)c(F)cc43)cc2)no1. The van der Waals surface area contributed by atoms with E-state index in [1.807, 2.05) is 0 Å². The van der Waals surface area contributed by atoms with E-state index in [-0.39, 0.29) is 12.5 Å². The van der Waals surface area contributed by atoms with Crippen molar-refractivity contribution in [1.29, 1.82) is 0 Å². The van der Waals surface area contributed by atoms with Crippen molar-refractivity contribution in [1.82, 2.24) is 10.1 Å². The summed E-state index contributed by atoms with van der Waals surface area (Å²) in [6.45, 7) is 2.29. The second kappa shape index (κ2) is 7.38. The van der Waals surface area contributed by atoms with Crippen LogP contribution in [0.15, 0.2) is 40.9 Å². The van der Waals surface area contributed by atoms with Crippen LogP contribution in [-0.2, 0) is 13.0 Å². The predicted octanol–water partition coefficient (Wildman–Crippen LogP) is 3.83. The molecule has 0 N–H and O–H groups in total. The average molecular weight is 385 g/mol. The number of amides is 1. The molecule has 0 aliphatic carbocycles. The van der Waals surface area contributed by atoms with Gasteiger partial charge in [-0.1, -0.05) is 5.16 Å². The van der Waals surface area contributed by atoms with Crippen molar-refractivity contribution in [3.8, 4) is 5.75 Å². The molecule has 0 radical (unpaired) electrons. The highest BCUT2D eigenvalue weighted by molar-refractivity contribution is 6.06. The third kappa shape index (κ3) is 3.58. The van der Waals surface area contributed by atoms with Crippen LogP contribution in [0, 0.1) is 18.6 Å². The zero-order valence-electron chi connectivity index (χ0n) is 15.1. The highest BCUT2D eigenvalue weighted by Crippen LogP contribution is 2.30. The first-order chi connectivity index (χ1) is 13.5. The Morgan fingerprint density at radius 1 is 1.21 bits per heavy atom. The number of ether oxygens (including phenoxy) is 1. The minimum atomic E-state index is -0.959. The van der Waals surface area contributed by atoms with Gasteiger partial charge in [-0.2, -0.15) is 4.98 Å². The van der Waals surface area contributed by atoms with Gasteiger partial charge in [-0.3, -0.25) is 4.79 Å². The van der Waals surface area contributed by atoms with Crippen LogP contribution in [0.3, 0.4) is 0 Å². The lowest BCUT2D eigenvalue weighted by molar-refractivity contribution is 0.0985. The minimum absolute atomic E-state index is 0.148. The fourth-order valence-electron chi connectivity index (χ4n) is 3.19. The van der Waals surface area contributed by atoms with Crippen molar-refractivity contribution in [2.24, 2.45) is 0 Å². The summed E-state index contributed by atoms with van der Waals surface area (Å²) in [7, 11) is 0. The van der Waals surface area contributed by atoms with Gasteiger partial charge in [-0.05, 0) is 48.7 Å². The van der Waals surface area contributed by atoms with Crippen molar-refractivity contribution < 1.29 is 22.8 Å². The molecule has 6 nitrogen and oxygen atoms in total. The number of hydrogen-bond donors (Lipinski definition) is 0. The number of nitrogens with zero attached hydrogens (tertiary/aromatic N) is 3. The summed E-state index contributed by atoms with van der Waals surface area (Å²) in [5, 5.41) is 3.74. The molecule has 0 saturated heterocycles. The third-order valence-corrected chi connectivity index (χ3v) is 4.52. The molecule has 2 heterocycles. The summed E-state index contributed by atoms with van der Waals surface area (Å²) >= 11 is 0. The molecule has 144 valence electrons. The van der Waals surface area contributed by atoms with E-state index in [4.69, 9.17) is 9.26 Å². The minimum Gasteiger partial charge on any atom is -0.485 e. The molecule has 1 aromatic heterocycles. The number of aryl methyl sites for hydroxylation is 2. The normalized spacial score (nSPS) is 13.3. The first-order valence-corrected chi connectivity index (χ1v) is 8.83. The lowest BCUT2D eigenvalue weighted by atomic mass is 10.0. The van der Waals surface area contributed by atoms with Crippen LogP contribution in [0.5, 0.6) is 5.75 Å². The molecule has 2 aromatic carbocycles. The first kappa shape index (κ1) is 18.1. The Balaban J connectivity index is 1.49. The van der Waals surface area contributed by atoms with E-state index in [0.29, 0.717) is 53.7 Å². The standard InChI is InChI=1S/C20H17F2N3O3/c1-12-23-19(24-28-12)11-27-15-6-4-13(5-7-15)20(26)25-8-2-3-14-9-16(21)17(22)10-18(14)25/h4-7,9-10H,2-3,8,11H2,1H3. The number of anilines is 1. The molecule has 3 aromatic rings.